The maximum absolute atomic E-state index is 13.4. The maximum atomic E-state index is 13.4. The molecule has 7 heteroatoms. The van der Waals surface area contributed by atoms with Gasteiger partial charge in [-0.1, -0.05) is 12.1 Å². The molecular weight excluding hydrogens is 315 g/mol. The van der Waals surface area contributed by atoms with Crippen molar-refractivity contribution < 1.29 is 23.5 Å². The normalized spacial score (nSPS) is 20.5. The number of hydrogen-bond acceptors (Lipinski definition) is 4. The fourth-order valence-corrected chi connectivity index (χ4v) is 2.80. The van der Waals surface area contributed by atoms with Crippen LogP contribution in [0.3, 0.4) is 0 Å². The second-order valence-corrected chi connectivity index (χ2v) is 6.09. The second kappa shape index (κ2) is 7.61. The highest BCUT2D eigenvalue weighted by Gasteiger charge is 2.36. The van der Waals surface area contributed by atoms with Crippen LogP contribution in [0.15, 0.2) is 24.3 Å². The molecule has 130 valence electrons. The molecule has 2 heterocycles. The van der Waals surface area contributed by atoms with Crippen molar-refractivity contribution in [2.45, 2.75) is 18.9 Å². The minimum atomic E-state index is -0.500. The molecule has 1 aromatic rings. The van der Waals surface area contributed by atoms with Crippen molar-refractivity contribution >= 4 is 11.8 Å². The summed E-state index contributed by atoms with van der Waals surface area (Å²) < 4.78 is 24.0. The van der Waals surface area contributed by atoms with Crippen LogP contribution in [0.2, 0.25) is 0 Å². The third kappa shape index (κ3) is 4.03. The molecule has 24 heavy (non-hydrogen) atoms. The molecule has 0 aliphatic carbocycles. The van der Waals surface area contributed by atoms with E-state index in [1.165, 1.54) is 17.0 Å². The summed E-state index contributed by atoms with van der Waals surface area (Å²) in [5.74, 6) is -0.938. The number of halogens is 1. The molecule has 1 aromatic carbocycles. The molecule has 2 saturated heterocycles. The molecule has 0 aromatic heterocycles. The van der Waals surface area contributed by atoms with Crippen molar-refractivity contribution in [2.24, 2.45) is 5.92 Å². The summed E-state index contributed by atoms with van der Waals surface area (Å²) in [5, 5.41) is 2.87. The third-order valence-electron chi connectivity index (χ3n) is 4.32. The smallest absolute Gasteiger partial charge is 0.260 e. The summed E-state index contributed by atoms with van der Waals surface area (Å²) in [5.41, 5.74) is 0. The van der Waals surface area contributed by atoms with Gasteiger partial charge < -0.3 is 19.7 Å². The van der Waals surface area contributed by atoms with Gasteiger partial charge in [0.1, 0.15) is 0 Å². The molecule has 6 nitrogen and oxygen atoms in total. The van der Waals surface area contributed by atoms with E-state index in [1.807, 2.05) is 0 Å². The van der Waals surface area contributed by atoms with Crippen LogP contribution in [0.5, 0.6) is 5.75 Å². The van der Waals surface area contributed by atoms with E-state index in [0.717, 1.165) is 19.4 Å². The van der Waals surface area contributed by atoms with Crippen LogP contribution in [0.4, 0.5) is 4.39 Å². The van der Waals surface area contributed by atoms with Crippen molar-refractivity contribution in [3.63, 3.8) is 0 Å². The first-order valence-electron chi connectivity index (χ1n) is 8.18. The molecule has 1 N–H and O–H groups in total. The zero-order valence-corrected chi connectivity index (χ0v) is 13.4. The predicted octanol–water partition coefficient (Wildman–Crippen LogP) is 0.958. The van der Waals surface area contributed by atoms with Gasteiger partial charge in [0.2, 0.25) is 5.91 Å². The number of nitrogens with zero attached hydrogens (tertiary/aromatic N) is 1. The Morgan fingerprint density at radius 3 is 2.83 bits per heavy atom. The molecule has 2 aliphatic rings. The lowest BCUT2D eigenvalue weighted by Gasteiger charge is -2.38. The minimum Gasteiger partial charge on any atom is -0.481 e. The first-order valence-corrected chi connectivity index (χ1v) is 8.18. The highest BCUT2D eigenvalue weighted by molar-refractivity contribution is 5.85. The van der Waals surface area contributed by atoms with Gasteiger partial charge in [-0.2, -0.15) is 0 Å². The first kappa shape index (κ1) is 16.7. The number of nitrogens with one attached hydrogen (secondary N) is 1. The standard InChI is InChI=1S/C17H21FN2O4/c18-14-5-1-2-6-15(14)24-11-16(21)20-9-12(10-20)17(22)19-8-13-4-3-7-23-13/h1-2,5-6,12-13H,3-4,7-11H2,(H,19,22)/t13-/m1/s1. The fourth-order valence-electron chi connectivity index (χ4n) is 2.80. The van der Waals surface area contributed by atoms with E-state index >= 15 is 0 Å². The van der Waals surface area contributed by atoms with E-state index in [9.17, 15) is 14.0 Å². The largest absolute Gasteiger partial charge is 0.481 e. The van der Waals surface area contributed by atoms with E-state index in [-0.39, 0.29) is 36.2 Å². The van der Waals surface area contributed by atoms with E-state index in [0.29, 0.717) is 19.6 Å². The topological polar surface area (TPSA) is 67.9 Å². The van der Waals surface area contributed by atoms with Gasteiger partial charge in [-0.25, -0.2) is 4.39 Å². The summed E-state index contributed by atoms with van der Waals surface area (Å²) in [6.07, 6.45) is 2.12. The monoisotopic (exact) mass is 336 g/mol. The Hall–Kier alpha value is -2.15. The summed E-state index contributed by atoms with van der Waals surface area (Å²) in [4.78, 5) is 25.5. The van der Waals surface area contributed by atoms with Crippen molar-refractivity contribution in [2.75, 3.05) is 32.8 Å². The van der Waals surface area contributed by atoms with Crippen LogP contribution in [0.1, 0.15) is 12.8 Å². The SMILES string of the molecule is O=C(NC[C@H]1CCCO1)C1CN(C(=O)COc2ccccc2F)C1. The lowest BCUT2D eigenvalue weighted by Crippen LogP contribution is -2.57. The Labute approximate surface area is 139 Å². The van der Waals surface area contributed by atoms with Gasteiger partial charge in [-0.3, -0.25) is 9.59 Å². The zero-order chi connectivity index (χ0) is 16.9. The van der Waals surface area contributed by atoms with Crippen LogP contribution in [-0.2, 0) is 14.3 Å². The lowest BCUT2D eigenvalue weighted by atomic mass is 9.99. The van der Waals surface area contributed by atoms with Gasteiger partial charge in [0.05, 0.1) is 12.0 Å². The quantitative estimate of drug-likeness (QED) is 0.840. The molecule has 0 radical (unpaired) electrons. The summed E-state index contributed by atoms with van der Waals surface area (Å²) >= 11 is 0. The Bertz CT molecular complexity index is 598. The molecule has 0 spiro atoms. The molecular formula is C17H21FN2O4. The maximum Gasteiger partial charge on any atom is 0.260 e. The number of carbonyl (C=O) groups excluding carboxylic acids is 2. The molecule has 0 unspecified atom stereocenters. The summed E-state index contributed by atoms with van der Waals surface area (Å²) in [6, 6.07) is 5.94. The average molecular weight is 336 g/mol. The van der Waals surface area contributed by atoms with E-state index in [1.54, 1.807) is 12.1 Å². The molecule has 2 amide bonds. The number of carbonyl (C=O) groups is 2. The third-order valence-corrected chi connectivity index (χ3v) is 4.32. The predicted molar refractivity (Wildman–Crippen MR) is 83.9 cm³/mol. The Morgan fingerprint density at radius 1 is 1.33 bits per heavy atom. The van der Waals surface area contributed by atoms with Crippen LogP contribution < -0.4 is 10.1 Å². The van der Waals surface area contributed by atoms with Crippen molar-refractivity contribution in [1.82, 2.24) is 10.2 Å². The number of rotatable bonds is 6. The van der Waals surface area contributed by atoms with Gasteiger partial charge in [0.25, 0.3) is 5.91 Å². The molecule has 3 rings (SSSR count). The first-order chi connectivity index (χ1) is 11.6. The Morgan fingerprint density at radius 2 is 2.12 bits per heavy atom. The number of hydrogen-bond donors (Lipinski definition) is 1. The highest BCUT2D eigenvalue weighted by atomic mass is 19.1. The molecule has 2 aliphatic heterocycles. The second-order valence-electron chi connectivity index (χ2n) is 6.09. The Balaban J connectivity index is 1.35. The van der Waals surface area contributed by atoms with E-state index < -0.39 is 5.82 Å². The van der Waals surface area contributed by atoms with Gasteiger partial charge in [-0.05, 0) is 25.0 Å². The zero-order valence-electron chi connectivity index (χ0n) is 13.4. The number of benzene rings is 1. The minimum absolute atomic E-state index is 0.0513. The van der Waals surface area contributed by atoms with Crippen molar-refractivity contribution in [3.8, 4) is 5.75 Å². The lowest BCUT2D eigenvalue weighted by molar-refractivity contribution is -0.144. The van der Waals surface area contributed by atoms with Crippen LogP contribution in [-0.4, -0.2) is 55.7 Å². The van der Waals surface area contributed by atoms with Gasteiger partial charge in [0.15, 0.2) is 18.2 Å². The number of para-hydroxylation sites is 1. The number of likely N-dealkylation sites (tertiary alicyclic amines) is 1. The van der Waals surface area contributed by atoms with Gasteiger partial charge >= 0.3 is 0 Å². The summed E-state index contributed by atoms with van der Waals surface area (Å²) in [7, 11) is 0. The molecule has 1 atom stereocenters. The Kier molecular flexibility index (Phi) is 5.30. The fraction of sp³-hybridized carbons (Fsp3) is 0.529. The summed E-state index contributed by atoms with van der Waals surface area (Å²) in [6.45, 7) is 1.80. The van der Waals surface area contributed by atoms with Gasteiger partial charge in [0, 0.05) is 26.2 Å². The molecule has 2 fully saturated rings. The van der Waals surface area contributed by atoms with Crippen molar-refractivity contribution in [3.05, 3.63) is 30.1 Å². The number of ether oxygens (including phenoxy) is 2. The molecule has 0 saturated carbocycles. The van der Waals surface area contributed by atoms with E-state index in [2.05, 4.69) is 5.32 Å². The van der Waals surface area contributed by atoms with Crippen LogP contribution in [0.25, 0.3) is 0 Å². The molecule has 0 bridgehead atoms. The average Bonchev–Trinajstić information content (AvgIpc) is 3.04. The van der Waals surface area contributed by atoms with Crippen molar-refractivity contribution in [1.29, 1.82) is 0 Å². The highest BCUT2D eigenvalue weighted by Crippen LogP contribution is 2.19. The number of amides is 2. The van der Waals surface area contributed by atoms with E-state index in [4.69, 9.17) is 9.47 Å². The van der Waals surface area contributed by atoms with Gasteiger partial charge in [-0.15, -0.1) is 0 Å². The van der Waals surface area contributed by atoms with Crippen LogP contribution >= 0.6 is 0 Å². The van der Waals surface area contributed by atoms with Crippen LogP contribution in [0, 0.1) is 11.7 Å².